The third kappa shape index (κ3) is 6.05. The second-order valence-corrected chi connectivity index (χ2v) is 9.91. The number of rotatable bonds is 10. The molecule has 1 aromatic carbocycles. The number of nitrogens with one attached hydrogen (secondary N) is 1. The van der Waals surface area contributed by atoms with Crippen LogP contribution in [-0.2, 0) is 17.9 Å². The first kappa shape index (κ1) is 26.3. The number of carbonyl (C=O) groups excluding carboxylic acids is 1. The number of carbonyl (C=O) groups is 1. The highest BCUT2D eigenvalue weighted by atomic mass is 32.2. The number of nitrogens with zero attached hydrogens (tertiary/aromatic N) is 4. The molecular formula is C25H34N6O3S. The van der Waals surface area contributed by atoms with Crippen LogP contribution in [-0.4, -0.2) is 37.3 Å². The van der Waals surface area contributed by atoms with Crippen molar-refractivity contribution in [2.24, 2.45) is 5.92 Å². The van der Waals surface area contributed by atoms with Crippen molar-refractivity contribution < 1.29 is 4.79 Å². The Balaban J connectivity index is 1.92. The Hall–Kier alpha value is -3.27. The molecule has 3 N–H and O–H groups in total. The Morgan fingerprint density at radius 3 is 2.49 bits per heavy atom. The minimum absolute atomic E-state index is 0.00543. The molecule has 0 bridgehead atoms. The minimum atomic E-state index is -0.670. The zero-order chi connectivity index (χ0) is 25.7. The Morgan fingerprint density at radius 2 is 1.86 bits per heavy atom. The number of H-pyrrole nitrogens is 1. The molecule has 0 saturated carbocycles. The van der Waals surface area contributed by atoms with Crippen LogP contribution in [0.4, 0.5) is 11.5 Å². The monoisotopic (exact) mass is 498 g/mol. The number of aromatic amines is 1. The van der Waals surface area contributed by atoms with Gasteiger partial charge in [0.25, 0.3) is 5.56 Å². The molecule has 1 amide bonds. The van der Waals surface area contributed by atoms with Crippen molar-refractivity contribution in [2.75, 3.05) is 22.9 Å². The van der Waals surface area contributed by atoms with Crippen LogP contribution in [0.2, 0.25) is 0 Å². The van der Waals surface area contributed by atoms with Crippen molar-refractivity contribution in [1.82, 2.24) is 19.1 Å². The molecule has 10 heteroatoms. The maximum Gasteiger partial charge on any atom is 0.330 e. The topological polar surface area (TPSA) is 119 Å². The maximum absolute atomic E-state index is 13.4. The molecule has 35 heavy (non-hydrogen) atoms. The summed E-state index contributed by atoms with van der Waals surface area (Å²) in [6.07, 6.45) is 0.618. The molecule has 0 atom stereocenters. The third-order valence-corrected chi connectivity index (χ3v) is 6.67. The van der Waals surface area contributed by atoms with Gasteiger partial charge in [-0.2, -0.15) is 0 Å². The average Bonchev–Trinajstić information content (AvgIpc) is 3.07. The fraction of sp³-hybridized carbons (Fsp3) is 0.440. The van der Waals surface area contributed by atoms with E-state index in [1.807, 2.05) is 51.1 Å². The van der Waals surface area contributed by atoms with Gasteiger partial charge in [-0.15, -0.1) is 0 Å². The number of aromatic nitrogens is 4. The maximum atomic E-state index is 13.4. The standard InChI is InChI=1S/C25H34N6O3S/c1-6-12-29(20(32)15-35-25-27-17(4)18(5)30(25)13-16(2)3)21-22(26)31(24(34)28-23(21)33)14-19-10-8-7-9-11-19/h7-11,16H,6,12-15,26H2,1-5H3,(H,28,33,34). The number of nitrogens with two attached hydrogens (primary N) is 1. The van der Waals surface area contributed by atoms with Crippen LogP contribution in [0.5, 0.6) is 0 Å². The first-order chi connectivity index (χ1) is 16.6. The number of nitrogen functional groups attached to an aromatic ring is 1. The summed E-state index contributed by atoms with van der Waals surface area (Å²) < 4.78 is 3.42. The quantitative estimate of drug-likeness (QED) is 0.415. The number of anilines is 2. The highest BCUT2D eigenvalue weighted by Gasteiger charge is 2.25. The van der Waals surface area contributed by atoms with Crippen LogP contribution in [0.15, 0.2) is 45.1 Å². The summed E-state index contributed by atoms with van der Waals surface area (Å²) >= 11 is 1.34. The molecule has 0 unspecified atom stereocenters. The molecule has 0 saturated heterocycles. The molecule has 0 spiro atoms. The summed E-state index contributed by atoms with van der Waals surface area (Å²) in [5.74, 6) is 0.221. The van der Waals surface area contributed by atoms with Gasteiger partial charge in [-0.3, -0.25) is 19.1 Å². The molecule has 0 radical (unpaired) electrons. The van der Waals surface area contributed by atoms with Crippen molar-refractivity contribution in [1.29, 1.82) is 0 Å². The molecule has 3 rings (SSSR count). The van der Waals surface area contributed by atoms with Crippen LogP contribution in [0.25, 0.3) is 0 Å². The summed E-state index contributed by atoms with van der Waals surface area (Å²) in [7, 11) is 0. The van der Waals surface area contributed by atoms with Gasteiger partial charge in [0.05, 0.1) is 18.0 Å². The van der Waals surface area contributed by atoms with Crippen LogP contribution in [0.1, 0.15) is 44.1 Å². The highest BCUT2D eigenvalue weighted by molar-refractivity contribution is 7.99. The van der Waals surface area contributed by atoms with Gasteiger partial charge in [-0.05, 0) is 31.7 Å². The van der Waals surface area contributed by atoms with Crippen LogP contribution in [0.3, 0.4) is 0 Å². The van der Waals surface area contributed by atoms with Gasteiger partial charge in [0.1, 0.15) is 5.82 Å². The predicted octanol–water partition coefficient (Wildman–Crippen LogP) is 3.17. The number of thioether (sulfide) groups is 1. The van der Waals surface area contributed by atoms with E-state index in [0.29, 0.717) is 18.9 Å². The van der Waals surface area contributed by atoms with E-state index in [0.717, 1.165) is 28.7 Å². The van der Waals surface area contributed by atoms with E-state index >= 15 is 0 Å². The van der Waals surface area contributed by atoms with Crippen molar-refractivity contribution in [2.45, 2.75) is 59.3 Å². The predicted molar refractivity (Wildman–Crippen MR) is 141 cm³/mol. The van der Waals surface area contributed by atoms with Crippen LogP contribution >= 0.6 is 11.8 Å². The Labute approximate surface area is 209 Å². The van der Waals surface area contributed by atoms with Crippen molar-refractivity contribution in [3.63, 3.8) is 0 Å². The molecule has 0 aliphatic carbocycles. The van der Waals surface area contributed by atoms with E-state index in [-0.39, 0.29) is 29.7 Å². The van der Waals surface area contributed by atoms with E-state index < -0.39 is 11.2 Å². The summed E-state index contributed by atoms with van der Waals surface area (Å²) in [5.41, 5.74) is 7.92. The first-order valence-corrected chi connectivity index (χ1v) is 12.8. The smallest absolute Gasteiger partial charge is 0.330 e. The largest absolute Gasteiger partial charge is 0.383 e. The van der Waals surface area contributed by atoms with Gasteiger partial charge in [0.2, 0.25) is 5.91 Å². The second-order valence-electron chi connectivity index (χ2n) is 8.97. The van der Waals surface area contributed by atoms with E-state index in [9.17, 15) is 14.4 Å². The molecule has 9 nitrogen and oxygen atoms in total. The lowest BCUT2D eigenvalue weighted by atomic mass is 10.2. The van der Waals surface area contributed by atoms with Crippen LogP contribution < -0.4 is 21.9 Å². The Kier molecular flexibility index (Phi) is 8.61. The Bertz CT molecular complexity index is 1290. The fourth-order valence-corrected chi connectivity index (χ4v) is 4.84. The van der Waals surface area contributed by atoms with Crippen molar-refractivity contribution in [3.8, 4) is 0 Å². The van der Waals surface area contributed by atoms with Gasteiger partial charge >= 0.3 is 5.69 Å². The van der Waals surface area contributed by atoms with Gasteiger partial charge < -0.3 is 15.2 Å². The molecule has 188 valence electrons. The number of amides is 1. The molecule has 2 heterocycles. The lowest BCUT2D eigenvalue weighted by molar-refractivity contribution is -0.116. The van der Waals surface area contributed by atoms with Gasteiger partial charge in [0, 0.05) is 18.8 Å². The van der Waals surface area contributed by atoms with E-state index in [1.54, 1.807) is 0 Å². The number of hydrogen-bond donors (Lipinski definition) is 2. The lowest BCUT2D eigenvalue weighted by Crippen LogP contribution is -2.42. The summed E-state index contributed by atoms with van der Waals surface area (Å²) in [6, 6.07) is 9.33. The van der Waals surface area contributed by atoms with E-state index in [4.69, 9.17) is 5.73 Å². The minimum Gasteiger partial charge on any atom is -0.383 e. The molecule has 0 fully saturated rings. The number of hydrogen-bond acceptors (Lipinski definition) is 6. The van der Waals surface area contributed by atoms with Gasteiger partial charge in [0.15, 0.2) is 10.8 Å². The summed E-state index contributed by atoms with van der Waals surface area (Å²) in [4.78, 5) is 47.1. The summed E-state index contributed by atoms with van der Waals surface area (Å²) in [5, 5.41) is 0.773. The van der Waals surface area contributed by atoms with Crippen molar-refractivity contribution >= 4 is 29.2 Å². The van der Waals surface area contributed by atoms with E-state index in [1.165, 1.54) is 21.2 Å². The van der Waals surface area contributed by atoms with Gasteiger partial charge in [-0.25, -0.2) is 9.78 Å². The SMILES string of the molecule is CCCN(C(=O)CSc1nc(C)c(C)n1CC(C)C)c1c(N)n(Cc2ccccc2)c(=O)[nH]c1=O. The second kappa shape index (κ2) is 11.4. The summed E-state index contributed by atoms with van der Waals surface area (Å²) in [6.45, 7) is 11.5. The molecule has 3 aromatic rings. The third-order valence-electron chi connectivity index (χ3n) is 5.71. The molecule has 0 aliphatic rings. The number of aryl methyl sites for hydroxylation is 1. The van der Waals surface area contributed by atoms with Crippen molar-refractivity contribution in [3.05, 3.63) is 68.1 Å². The molecular weight excluding hydrogens is 464 g/mol. The van der Waals surface area contributed by atoms with Gasteiger partial charge in [-0.1, -0.05) is 62.9 Å². The number of benzene rings is 1. The number of imidazole rings is 1. The lowest BCUT2D eigenvalue weighted by Gasteiger charge is -2.24. The van der Waals surface area contributed by atoms with Crippen LogP contribution in [0, 0.1) is 19.8 Å². The zero-order valence-corrected chi connectivity index (χ0v) is 21.8. The zero-order valence-electron chi connectivity index (χ0n) is 21.0. The first-order valence-electron chi connectivity index (χ1n) is 11.8. The fourth-order valence-electron chi connectivity index (χ4n) is 3.86. The molecule has 2 aromatic heterocycles. The Morgan fingerprint density at radius 1 is 1.17 bits per heavy atom. The normalized spacial score (nSPS) is 11.3. The average molecular weight is 499 g/mol. The molecule has 0 aliphatic heterocycles. The highest BCUT2D eigenvalue weighted by Crippen LogP contribution is 2.25. The van der Waals surface area contributed by atoms with E-state index in [2.05, 4.69) is 28.4 Å².